The number of rotatable bonds is 3. The smallest absolute Gasteiger partial charge is 0.0113 e. The van der Waals surface area contributed by atoms with Gasteiger partial charge in [0.15, 0.2) is 0 Å². The van der Waals surface area contributed by atoms with Crippen molar-refractivity contribution in [2.24, 2.45) is 5.92 Å². The minimum atomic E-state index is 0.785. The number of nitrogens with one attached hydrogen (secondary N) is 2. The van der Waals surface area contributed by atoms with Gasteiger partial charge in [0.2, 0.25) is 0 Å². The summed E-state index contributed by atoms with van der Waals surface area (Å²) in [5.74, 6) is 0.909. The third-order valence-electron chi connectivity index (χ3n) is 5.35. The van der Waals surface area contributed by atoms with Gasteiger partial charge in [-0.2, -0.15) is 0 Å². The average Bonchev–Trinajstić information content (AvgIpc) is 3.02. The molecule has 1 aliphatic carbocycles. The highest BCUT2D eigenvalue weighted by molar-refractivity contribution is 4.94. The Bertz CT molecular complexity index is 254. The van der Waals surface area contributed by atoms with Crippen molar-refractivity contribution >= 4 is 0 Å². The molecule has 3 rings (SSSR count). The van der Waals surface area contributed by atoms with Crippen LogP contribution in [0.4, 0.5) is 0 Å². The molecule has 3 unspecified atom stereocenters. The number of hydrogen-bond acceptors (Lipinski definition) is 3. The molecule has 0 spiro atoms. The van der Waals surface area contributed by atoms with E-state index >= 15 is 0 Å². The van der Waals surface area contributed by atoms with E-state index in [1.807, 2.05) is 0 Å². The van der Waals surface area contributed by atoms with Gasteiger partial charge >= 0.3 is 0 Å². The summed E-state index contributed by atoms with van der Waals surface area (Å²) in [6.45, 7) is 3.80. The van der Waals surface area contributed by atoms with Gasteiger partial charge in [-0.1, -0.05) is 6.42 Å². The van der Waals surface area contributed by atoms with Crippen molar-refractivity contribution in [3.8, 4) is 0 Å². The molecule has 0 aromatic carbocycles. The highest BCUT2D eigenvalue weighted by Gasteiger charge is 2.36. The molecule has 0 radical (unpaired) electrons. The molecule has 3 fully saturated rings. The van der Waals surface area contributed by atoms with Crippen molar-refractivity contribution in [3.05, 3.63) is 0 Å². The minimum Gasteiger partial charge on any atom is -0.314 e. The summed E-state index contributed by atoms with van der Waals surface area (Å²) in [5, 5.41) is 7.72. The summed E-state index contributed by atoms with van der Waals surface area (Å²) in [4.78, 5) is 2.46. The second kappa shape index (κ2) is 5.89. The van der Waals surface area contributed by atoms with E-state index < -0.39 is 0 Å². The molecule has 3 atom stereocenters. The molecule has 104 valence electrons. The third-order valence-corrected chi connectivity index (χ3v) is 5.35. The molecule has 2 heterocycles. The molecule has 0 aromatic heterocycles. The van der Waals surface area contributed by atoms with Crippen molar-refractivity contribution in [1.29, 1.82) is 0 Å². The summed E-state index contributed by atoms with van der Waals surface area (Å²) >= 11 is 0. The number of likely N-dealkylation sites (tertiary alicyclic amines) is 1. The van der Waals surface area contributed by atoms with Crippen molar-refractivity contribution in [2.75, 3.05) is 26.7 Å². The van der Waals surface area contributed by atoms with E-state index in [1.165, 1.54) is 64.6 Å². The van der Waals surface area contributed by atoms with Crippen LogP contribution in [-0.4, -0.2) is 49.7 Å². The van der Waals surface area contributed by atoms with E-state index in [-0.39, 0.29) is 0 Å². The van der Waals surface area contributed by atoms with Gasteiger partial charge in [0.05, 0.1) is 0 Å². The predicted octanol–water partition coefficient (Wildman–Crippen LogP) is 1.59. The van der Waals surface area contributed by atoms with Crippen molar-refractivity contribution in [2.45, 2.75) is 63.1 Å². The molecule has 0 bridgehead atoms. The summed E-state index contributed by atoms with van der Waals surface area (Å²) in [7, 11) is 2.25. The number of piperidine rings is 1. The standard InChI is InChI=1S/C15H29N3/c1-18-10-7-12(8-11-18)17-15-5-2-4-13(15)14-6-3-9-16-14/h12-17H,2-11H2,1H3. The van der Waals surface area contributed by atoms with Crippen LogP contribution in [0.5, 0.6) is 0 Å². The van der Waals surface area contributed by atoms with Crippen molar-refractivity contribution in [1.82, 2.24) is 15.5 Å². The van der Waals surface area contributed by atoms with Crippen molar-refractivity contribution < 1.29 is 0 Å². The van der Waals surface area contributed by atoms with E-state index in [4.69, 9.17) is 0 Å². The third kappa shape index (κ3) is 2.89. The van der Waals surface area contributed by atoms with Crippen LogP contribution in [0.3, 0.4) is 0 Å². The minimum absolute atomic E-state index is 0.785. The van der Waals surface area contributed by atoms with Gasteiger partial charge in [0, 0.05) is 18.1 Å². The van der Waals surface area contributed by atoms with Crippen LogP contribution < -0.4 is 10.6 Å². The fourth-order valence-corrected chi connectivity index (χ4v) is 4.23. The molecule has 18 heavy (non-hydrogen) atoms. The maximum atomic E-state index is 4.00. The lowest BCUT2D eigenvalue weighted by molar-refractivity contribution is 0.207. The summed E-state index contributed by atoms with van der Waals surface area (Å²) in [5.41, 5.74) is 0. The lowest BCUT2D eigenvalue weighted by atomic mass is 9.92. The SMILES string of the molecule is CN1CCC(NC2CCCC2C2CCCN2)CC1. The van der Waals surface area contributed by atoms with Gasteiger partial charge in [0.25, 0.3) is 0 Å². The van der Waals surface area contributed by atoms with Crippen LogP contribution in [-0.2, 0) is 0 Å². The first kappa shape index (κ1) is 12.9. The van der Waals surface area contributed by atoms with Gasteiger partial charge in [-0.15, -0.1) is 0 Å². The molecule has 2 saturated heterocycles. The second-order valence-electron chi connectivity index (χ2n) is 6.65. The van der Waals surface area contributed by atoms with E-state index in [9.17, 15) is 0 Å². The number of hydrogen-bond donors (Lipinski definition) is 2. The fraction of sp³-hybridized carbons (Fsp3) is 1.00. The molecular formula is C15H29N3. The average molecular weight is 251 g/mol. The number of nitrogens with zero attached hydrogens (tertiary/aromatic N) is 1. The maximum absolute atomic E-state index is 4.00. The molecule has 3 aliphatic rings. The Hall–Kier alpha value is -0.120. The normalized spacial score (nSPS) is 39.5. The first-order chi connectivity index (χ1) is 8.83. The largest absolute Gasteiger partial charge is 0.314 e. The second-order valence-corrected chi connectivity index (χ2v) is 6.65. The summed E-state index contributed by atoms with van der Waals surface area (Å²) < 4.78 is 0. The van der Waals surface area contributed by atoms with E-state index in [0.717, 1.165) is 24.0 Å². The molecule has 0 aromatic rings. The van der Waals surface area contributed by atoms with E-state index in [2.05, 4.69) is 22.6 Å². The van der Waals surface area contributed by atoms with Crippen LogP contribution >= 0.6 is 0 Å². The Morgan fingerprint density at radius 1 is 1.00 bits per heavy atom. The van der Waals surface area contributed by atoms with E-state index in [1.54, 1.807) is 0 Å². The zero-order chi connectivity index (χ0) is 12.4. The Labute approximate surface area is 112 Å². The predicted molar refractivity (Wildman–Crippen MR) is 75.8 cm³/mol. The van der Waals surface area contributed by atoms with Crippen LogP contribution in [0.2, 0.25) is 0 Å². The topological polar surface area (TPSA) is 27.3 Å². The van der Waals surface area contributed by atoms with Gasteiger partial charge < -0.3 is 15.5 Å². The zero-order valence-electron chi connectivity index (χ0n) is 11.8. The Morgan fingerprint density at radius 2 is 1.83 bits per heavy atom. The summed E-state index contributed by atoms with van der Waals surface area (Å²) in [6.07, 6.45) is 9.79. The Morgan fingerprint density at radius 3 is 2.56 bits per heavy atom. The molecule has 2 aliphatic heterocycles. The quantitative estimate of drug-likeness (QED) is 0.798. The maximum Gasteiger partial charge on any atom is 0.0113 e. The highest BCUT2D eigenvalue weighted by Crippen LogP contribution is 2.32. The molecule has 3 heteroatoms. The molecule has 3 nitrogen and oxygen atoms in total. The summed E-state index contributed by atoms with van der Waals surface area (Å²) in [6, 6.07) is 2.40. The fourth-order valence-electron chi connectivity index (χ4n) is 4.23. The van der Waals surface area contributed by atoms with Gasteiger partial charge in [-0.25, -0.2) is 0 Å². The lowest BCUT2D eigenvalue weighted by Crippen LogP contribution is -2.49. The van der Waals surface area contributed by atoms with Crippen LogP contribution in [0.1, 0.15) is 44.9 Å². The van der Waals surface area contributed by atoms with Gasteiger partial charge in [-0.3, -0.25) is 0 Å². The Balaban J connectivity index is 1.51. The lowest BCUT2D eigenvalue weighted by Gasteiger charge is -2.34. The van der Waals surface area contributed by atoms with Crippen LogP contribution in [0, 0.1) is 5.92 Å². The molecule has 1 saturated carbocycles. The van der Waals surface area contributed by atoms with Crippen LogP contribution in [0.25, 0.3) is 0 Å². The van der Waals surface area contributed by atoms with Gasteiger partial charge in [-0.05, 0) is 71.1 Å². The first-order valence-electron chi connectivity index (χ1n) is 8.01. The highest BCUT2D eigenvalue weighted by atomic mass is 15.1. The van der Waals surface area contributed by atoms with Gasteiger partial charge in [0.1, 0.15) is 0 Å². The zero-order valence-corrected chi connectivity index (χ0v) is 11.8. The van der Waals surface area contributed by atoms with E-state index in [0.29, 0.717) is 0 Å². The van der Waals surface area contributed by atoms with Crippen molar-refractivity contribution in [3.63, 3.8) is 0 Å². The molecule has 2 N–H and O–H groups in total. The Kier molecular flexibility index (Phi) is 4.22. The first-order valence-corrected chi connectivity index (χ1v) is 8.01. The molecule has 0 amide bonds. The molecular weight excluding hydrogens is 222 g/mol. The monoisotopic (exact) mass is 251 g/mol. The van der Waals surface area contributed by atoms with Crippen LogP contribution in [0.15, 0.2) is 0 Å².